The van der Waals surface area contributed by atoms with E-state index in [9.17, 15) is 0 Å². The van der Waals surface area contributed by atoms with Crippen molar-refractivity contribution in [2.75, 3.05) is 0 Å². The standard InChI is InChI=1S/C40H29NO/c1-2-10-29(11-3-1)40-35(33-14-6-8-16-37(33)41-40)24-20-27-18-21-28(22-19-27)30-23-25-39-36(26-30)32-13-5-4-12-31(32)34-15-7-9-17-38(34)42-39/h1-19,21-23,25-26,35H,20,24H2. The Hall–Kier alpha value is -5.21. The summed E-state index contributed by atoms with van der Waals surface area (Å²) in [6.07, 6.45) is 2.02. The molecule has 0 amide bonds. The van der Waals surface area contributed by atoms with Crippen LogP contribution < -0.4 is 4.74 Å². The summed E-state index contributed by atoms with van der Waals surface area (Å²) in [6.45, 7) is 0. The lowest BCUT2D eigenvalue weighted by molar-refractivity contribution is 0.488. The van der Waals surface area contributed by atoms with Crippen LogP contribution in [0.4, 0.5) is 5.69 Å². The van der Waals surface area contributed by atoms with Crippen LogP contribution in [0.15, 0.2) is 151 Å². The molecule has 200 valence electrons. The Balaban J connectivity index is 1.06. The third-order valence-corrected chi connectivity index (χ3v) is 8.56. The van der Waals surface area contributed by atoms with Gasteiger partial charge in [-0.05, 0) is 76.1 Å². The Kier molecular flexibility index (Phi) is 6.04. The molecule has 1 atom stereocenters. The van der Waals surface area contributed by atoms with E-state index in [1.54, 1.807) is 0 Å². The number of benzene rings is 6. The largest absolute Gasteiger partial charge is 0.456 e. The highest BCUT2D eigenvalue weighted by molar-refractivity contribution is 6.09. The molecule has 0 N–H and O–H groups in total. The number of rotatable bonds is 5. The summed E-state index contributed by atoms with van der Waals surface area (Å²) in [5.74, 6) is 2.09. The molecule has 0 aliphatic carbocycles. The number of fused-ring (bicyclic) bond motifs is 6. The van der Waals surface area contributed by atoms with E-state index in [0.29, 0.717) is 5.92 Å². The quantitative estimate of drug-likeness (QED) is 0.213. The van der Waals surface area contributed by atoms with Gasteiger partial charge in [0.1, 0.15) is 11.5 Å². The van der Waals surface area contributed by atoms with Crippen LogP contribution in [-0.2, 0) is 6.42 Å². The first kappa shape index (κ1) is 24.6. The summed E-state index contributed by atoms with van der Waals surface area (Å²) in [5.41, 5.74) is 13.2. The van der Waals surface area contributed by atoms with E-state index >= 15 is 0 Å². The molecule has 2 nitrogen and oxygen atoms in total. The molecule has 0 aromatic heterocycles. The van der Waals surface area contributed by atoms with Crippen molar-refractivity contribution in [3.63, 3.8) is 0 Å². The van der Waals surface area contributed by atoms with Gasteiger partial charge in [0.25, 0.3) is 0 Å². The van der Waals surface area contributed by atoms with Crippen LogP contribution in [0.1, 0.15) is 29.0 Å². The first-order chi connectivity index (χ1) is 20.8. The zero-order chi connectivity index (χ0) is 27.9. The summed E-state index contributed by atoms with van der Waals surface area (Å²) >= 11 is 0. The molecule has 1 unspecified atom stereocenters. The second kappa shape index (κ2) is 10.3. The van der Waals surface area contributed by atoms with Crippen molar-refractivity contribution in [1.82, 2.24) is 0 Å². The molecule has 0 fully saturated rings. The lowest BCUT2D eigenvalue weighted by Gasteiger charge is -2.16. The zero-order valence-electron chi connectivity index (χ0n) is 23.2. The summed E-state index contributed by atoms with van der Waals surface area (Å²) in [4.78, 5) is 5.05. The SMILES string of the molecule is c1ccc(C2=Nc3ccccc3C2CCc2ccc(-c3ccc4c(c3)-c3ccccc3-c3ccccc3O4)cc2)cc1. The van der Waals surface area contributed by atoms with Gasteiger partial charge in [0.05, 0.1) is 11.4 Å². The van der Waals surface area contributed by atoms with Crippen LogP contribution >= 0.6 is 0 Å². The number of hydrogen-bond donors (Lipinski definition) is 0. The third-order valence-electron chi connectivity index (χ3n) is 8.56. The van der Waals surface area contributed by atoms with Gasteiger partial charge in [0.2, 0.25) is 0 Å². The van der Waals surface area contributed by atoms with E-state index < -0.39 is 0 Å². The van der Waals surface area contributed by atoms with Gasteiger partial charge in [-0.1, -0.05) is 121 Å². The van der Waals surface area contributed by atoms with Crippen LogP contribution in [0.2, 0.25) is 0 Å². The van der Waals surface area contributed by atoms with Crippen LogP contribution in [0.25, 0.3) is 33.4 Å². The molecule has 0 spiro atoms. The van der Waals surface area contributed by atoms with Gasteiger partial charge >= 0.3 is 0 Å². The Morgan fingerprint density at radius 2 is 1.14 bits per heavy atom. The minimum Gasteiger partial charge on any atom is -0.456 e. The second-order valence-corrected chi connectivity index (χ2v) is 11.1. The lowest BCUT2D eigenvalue weighted by atomic mass is 9.86. The maximum absolute atomic E-state index is 6.43. The topological polar surface area (TPSA) is 21.6 Å². The van der Waals surface area contributed by atoms with Gasteiger partial charge in [-0.2, -0.15) is 0 Å². The fraction of sp³-hybridized carbons (Fsp3) is 0.0750. The van der Waals surface area contributed by atoms with Crippen molar-refractivity contribution < 1.29 is 4.74 Å². The highest BCUT2D eigenvalue weighted by atomic mass is 16.5. The molecule has 0 saturated heterocycles. The number of nitrogens with zero attached hydrogens (tertiary/aromatic N) is 1. The van der Waals surface area contributed by atoms with Gasteiger partial charge in [-0.3, -0.25) is 4.99 Å². The van der Waals surface area contributed by atoms with Crippen molar-refractivity contribution >= 4 is 11.4 Å². The predicted molar refractivity (Wildman–Crippen MR) is 173 cm³/mol. The monoisotopic (exact) mass is 539 g/mol. The molecule has 2 aliphatic heterocycles. The molecular weight excluding hydrogens is 510 g/mol. The normalized spacial score (nSPS) is 14.5. The molecule has 0 saturated carbocycles. The Morgan fingerprint density at radius 3 is 1.98 bits per heavy atom. The fourth-order valence-corrected chi connectivity index (χ4v) is 6.44. The molecule has 8 rings (SSSR count). The van der Waals surface area contributed by atoms with Crippen LogP contribution in [-0.4, -0.2) is 5.71 Å². The Morgan fingerprint density at radius 1 is 0.500 bits per heavy atom. The lowest BCUT2D eigenvalue weighted by Crippen LogP contribution is -2.11. The molecular formula is C40H29NO. The molecule has 2 heterocycles. The first-order valence-corrected chi connectivity index (χ1v) is 14.6. The average molecular weight is 540 g/mol. The van der Waals surface area contributed by atoms with E-state index in [4.69, 9.17) is 9.73 Å². The number of aryl methyl sites for hydroxylation is 1. The number of para-hydroxylation sites is 2. The Labute approximate surface area is 246 Å². The molecule has 0 radical (unpaired) electrons. The number of aliphatic imine (C=N–C) groups is 1. The van der Waals surface area contributed by atoms with Gasteiger partial charge in [0.15, 0.2) is 0 Å². The molecule has 0 bridgehead atoms. The van der Waals surface area contributed by atoms with Crippen LogP contribution in [0.5, 0.6) is 11.5 Å². The van der Waals surface area contributed by atoms with Crippen molar-refractivity contribution in [2.45, 2.75) is 18.8 Å². The van der Waals surface area contributed by atoms with Crippen molar-refractivity contribution in [1.29, 1.82) is 0 Å². The minimum absolute atomic E-state index is 0.303. The van der Waals surface area contributed by atoms with E-state index in [0.717, 1.165) is 41.2 Å². The average Bonchev–Trinajstić information content (AvgIpc) is 3.36. The van der Waals surface area contributed by atoms with Gasteiger partial charge in [-0.15, -0.1) is 0 Å². The highest BCUT2D eigenvalue weighted by Gasteiger charge is 2.27. The number of hydrogen-bond acceptors (Lipinski definition) is 2. The molecule has 6 aromatic rings. The highest BCUT2D eigenvalue weighted by Crippen LogP contribution is 2.47. The smallest absolute Gasteiger partial charge is 0.135 e. The van der Waals surface area contributed by atoms with Crippen molar-refractivity contribution in [3.05, 3.63) is 162 Å². The summed E-state index contributed by atoms with van der Waals surface area (Å²) < 4.78 is 6.43. The Bertz CT molecular complexity index is 1950. The van der Waals surface area contributed by atoms with Crippen molar-refractivity contribution in [2.24, 2.45) is 4.99 Å². The molecule has 42 heavy (non-hydrogen) atoms. The van der Waals surface area contributed by atoms with Gasteiger partial charge in [-0.25, -0.2) is 0 Å². The van der Waals surface area contributed by atoms with Crippen LogP contribution in [0.3, 0.4) is 0 Å². The molecule has 6 aromatic carbocycles. The van der Waals surface area contributed by atoms with Crippen LogP contribution in [0, 0.1) is 0 Å². The summed E-state index contributed by atoms with van der Waals surface area (Å²) in [5, 5.41) is 0. The van der Waals surface area contributed by atoms with E-state index in [1.165, 1.54) is 44.7 Å². The maximum Gasteiger partial charge on any atom is 0.135 e. The van der Waals surface area contributed by atoms with Crippen molar-refractivity contribution in [3.8, 4) is 44.9 Å². The molecule has 2 heteroatoms. The zero-order valence-corrected chi connectivity index (χ0v) is 23.2. The predicted octanol–water partition coefficient (Wildman–Crippen LogP) is 10.6. The third kappa shape index (κ3) is 4.33. The minimum atomic E-state index is 0.303. The first-order valence-electron chi connectivity index (χ1n) is 14.6. The maximum atomic E-state index is 6.43. The summed E-state index contributed by atoms with van der Waals surface area (Å²) in [7, 11) is 0. The molecule has 2 aliphatic rings. The second-order valence-electron chi connectivity index (χ2n) is 11.1. The van der Waals surface area contributed by atoms with E-state index in [-0.39, 0.29) is 0 Å². The fourth-order valence-electron chi connectivity index (χ4n) is 6.44. The van der Waals surface area contributed by atoms with E-state index in [2.05, 4.69) is 133 Å². The number of ether oxygens (including phenoxy) is 1. The van der Waals surface area contributed by atoms with E-state index in [1.807, 2.05) is 12.1 Å². The summed E-state index contributed by atoms with van der Waals surface area (Å²) in [6, 6.07) is 51.7. The van der Waals surface area contributed by atoms with Gasteiger partial charge in [0, 0.05) is 17.0 Å². The van der Waals surface area contributed by atoms with Gasteiger partial charge < -0.3 is 4.74 Å².